The van der Waals surface area contributed by atoms with Crippen molar-refractivity contribution in [3.8, 4) is 0 Å². The normalized spacial score (nSPS) is 13.4. The fourth-order valence-corrected chi connectivity index (χ4v) is 1.28. The number of fused-ring (bicyclic) bond motifs is 1. The van der Waals surface area contributed by atoms with E-state index in [9.17, 15) is 8.78 Å². The van der Waals surface area contributed by atoms with Crippen molar-refractivity contribution in [3.63, 3.8) is 0 Å². The molecular formula is C9H9F2N3. The van der Waals surface area contributed by atoms with E-state index in [0.29, 0.717) is 11.3 Å². The predicted octanol–water partition coefficient (Wildman–Crippen LogP) is 1.86. The Morgan fingerprint density at radius 1 is 1.43 bits per heavy atom. The van der Waals surface area contributed by atoms with Gasteiger partial charge in [-0.2, -0.15) is 0 Å². The van der Waals surface area contributed by atoms with Crippen LogP contribution >= 0.6 is 0 Å². The molecular weight excluding hydrogens is 188 g/mol. The van der Waals surface area contributed by atoms with Gasteiger partial charge in [0.1, 0.15) is 17.2 Å². The number of hydrogen-bond donors (Lipinski definition) is 2. The summed E-state index contributed by atoms with van der Waals surface area (Å²) in [5.74, 6) is -0.859. The van der Waals surface area contributed by atoms with E-state index in [1.54, 1.807) is 6.92 Å². The lowest BCUT2D eigenvalue weighted by molar-refractivity contribution is 0.590. The van der Waals surface area contributed by atoms with Gasteiger partial charge >= 0.3 is 0 Å². The number of aromatic amines is 1. The molecule has 1 aromatic carbocycles. The molecule has 74 valence electrons. The summed E-state index contributed by atoms with van der Waals surface area (Å²) in [6.45, 7) is 1.71. The van der Waals surface area contributed by atoms with Gasteiger partial charge in [0.2, 0.25) is 0 Å². The van der Waals surface area contributed by atoms with Gasteiger partial charge in [-0.15, -0.1) is 0 Å². The molecule has 2 aromatic rings. The van der Waals surface area contributed by atoms with Crippen LogP contribution in [0.3, 0.4) is 0 Å². The third-order valence-corrected chi connectivity index (χ3v) is 1.95. The number of halogens is 2. The van der Waals surface area contributed by atoms with E-state index >= 15 is 0 Å². The van der Waals surface area contributed by atoms with Gasteiger partial charge in [0, 0.05) is 6.07 Å². The van der Waals surface area contributed by atoms with Crippen molar-refractivity contribution in [2.75, 3.05) is 0 Å². The third-order valence-electron chi connectivity index (χ3n) is 1.95. The maximum absolute atomic E-state index is 13.2. The summed E-state index contributed by atoms with van der Waals surface area (Å²) in [4.78, 5) is 6.69. The molecule has 1 heterocycles. The second-order valence-electron chi connectivity index (χ2n) is 3.19. The minimum Gasteiger partial charge on any atom is -0.340 e. The van der Waals surface area contributed by atoms with E-state index in [1.807, 2.05) is 0 Å². The first-order chi connectivity index (χ1) is 6.58. The smallest absolute Gasteiger partial charge is 0.153 e. The van der Waals surface area contributed by atoms with Crippen molar-refractivity contribution in [3.05, 3.63) is 29.6 Å². The standard InChI is InChI=1S/C9H9F2N3/c1-4(12)9-13-7-3-5(10)2-6(11)8(7)14-9/h2-4H,12H2,1H3,(H,13,14)/t4-/m0/s1. The van der Waals surface area contributed by atoms with E-state index in [2.05, 4.69) is 9.97 Å². The summed E-state index contributed by atoms with van der Waals surface area (Å²) in [7, 11) is 0. The van der Waals surface area contributed by atoms with E-state index in [0.717, 1.165) is 6.07 Å². The lowest BCUT2D eigenvalue weighted by Gasteiger charge is -1.96. The summed E-state index contributed by atoms with van der Waals surface area (Å²) in [6, 6.07) is 1.66. The number of aromatic nitrogens is 2. The van der Waals surface area contributed by atoms with Crippen LogP contribution in [-0.4, -0.2) is 9.97 Å². The second-order valence-corrected chi connectivity index (χ2v) is 3.19. The SMILES string of the molecule is C[C@H](N)c1nc2c(F)cc(F)cc2[nH]1. The van der Waals surface area contributed by atoms with E-state index in [1.165, 1.54) is 6.07 Å². The number of H-pyrrole nitrogens is 1. The largest absolute Gasteiger partial charge is 0.340 e. The highest BCUT2D eigenvalue weighted by atomic mass is 19.1. The Labute approximate surface area is 78.9 Å². The van der Waals surface area contributed by atoms with Crippen LogP contribution in [0.1, 0.15) is 18.8 Å². The van der Waals surface area contributed by atoms with Gasteiger partial charge in [0.05, 0.1) is 11.6 Å². The molecule has 0 saturated heterocycles. The molecule has 5 heteroatoms. The second kappa shape index (κ2) is 3.02. The number of rotatable bonds is 1. The number of benzene rings is 1. The molecule has 1 aromatic heterocycles. The van der Waals surface area contributed by atoms with Gasteiger partial charge in [0.25, 0.3) is 0 Å². The van der Waals surface area contributed by atoms with E-state index < -0.39 is 11.6 Å². The quantitative estimate of drug-likeness (QED) is 0.733. The molecule has 0 unspecified atom stereocenters. The van der Waals surface area contributed by atoms with Gasteiger partial charge < -0.3 is 10.7 Å². The summed E-state index contributed by atoms with van der Waals surface area (Å²) >= 11 is 0. The lowest BCUT2D eigenvalue weighted by Crippen LogP contribution is -2.06. The van der Waals surface area contributed by atoms with Crippen LogP contribution in [0.2, 0.25) is 0 Å². The molecule has 0 spiro atoms. The Kier molecular flexibility index (Phi) is 1.96. The Morgan fingerprint density at radius 2 is 2.14 bits per heavy atom. The van der Waals surface area contributed by atoms with Crippen LogP contribution in [0, 0.1) is 11.6 Å². The third kappa shape index (κ3) is 1.35. The Hall–Kier alpha value is -1.49. The van der Waals surface area contributed by atoms with E-state index in [4.69, 9.17) is 5.73 Å². The van der Waals surface area contributed by atoms with Crippen molar-refractivity contribution in [1.29, 1.82) is 0 Å². The van der Waals surface area contributed by atoms with Crippen LogP contribution in [-0.2, 0) is 0 Å². The minimum absolute atomic E-state index is 0.124. The zero-order chi connectivity index (χ0) is 10.3. The molecule has 0 aliphatic heterocycles. The first kappa shape index (κ1) is 9.08. The molecule has 2 rings (SSSR count). The fraction of sp³-hybridized carbons (Fsp3) is 0.222. The van der Waals surface area contributed by atoms with Crippen LogP contribution in [0.4, 0.5) is 8.78 Å². The number of hydrogen-bond acceptors (Lipinski definition) is 2. The zero-order valence-electron chi connectivity index (χ0n) is 7.51. The molecule has 0 radical (unpaired) electrons. The highest BCUT2D eigenvalue weighted by Gasteiger charge is 2.11. The highest BCUT2D eigenvalue weighted by molar-refractivity contribution is 5.75. The molecule has 0 aliphatic rings. The van der Waals surface area contributed by atoms with Gasteiger partial charge in [-0.3, -0.25) is 0 Å². The van der Waals surface area contributed by atoms with Gasteiger partial charge in [-0.1, -0.05) is 0 Å². The molecule has 0 saturated carbocycles. The number of nitrogens with zero attached hydrogens (tertiary/aromatic N) is 1. The number of imidazole rings is 1. The first-order valence-corrected chi connectivity index (χ1v) is 4.18. The maximum Gasteiger partial charge on any atom is 0.153 e. The minimum atomic E-state index is -0.678. The van der Waals surface area contributed by atoms with Gasteiger partial charge in [-0.25, -0.2) is 13.8 Å². The highest BCUT2D eigenvalue weighted by Crippen LogP contribution is 2.19. The summed E-state index contributed by atoms with van der Waals surface area (Å²) in [6.07, 6.45) is 0. The molecule has 0 fully saturated rings. The van der Waals surface area contributed by atoms with Crippen LogP contribution in [0.15, 0.2) is 12.1 Å². The number of nitrogens with one attached hydrogen (secondary N) is 1. The zero-order valence-corrected chi connectivity index (χ0v) is 7.51. The average molecular weight is 197 g/mol. The topological polar surface area (TPSA) is 54.7 Å². The summed E-state index contributed by atoms with van der Waals surface area (Å²) < 4.78 is 25.9. The van der Waals surface area contributed by atoms with Crippen molar-refractivity contribution < 1.29 is 8.78 Å². The molecule has 3 nitrogen and oxygen atoms in total. The van der Waals surface area contributed by atoms with Crippen molar-refractivity contribution in [2.24, 2.45) is 5.73 Å². The van der Waals surface area contributed by atoms with Gasteiger partial charge in [-0.05, 0) is 13.0 Å². The van der Waals surface area contributed by atoms with Crippen LogP contribution in [0.5, 0.6) is 0 Å². The Bertz CT molecular complexity index is 476. The van der Waals surface area contributed by atoms with E-state index in [-0.39, 0.29) is 11.6 Å². The summed E-state index contributed by atoms with van der Waals surface area (Å²) in [5, 5.41) is 0. The molecule has 14 heavy (non-hydrogen) atoms. The van der Waals surface area contributed by atoms with Crippen LogP contribution < -0.4 is 5.73 Å². The molecule has 0 amide bonds. The van der Waals surface area contributed by atoms with Crippen LogP contribution in [0.25, 0.3) is 11.0 Å². The fourth-order valence-electron chi connectivity index (χ4n) is 1.28. The lowest BCUT2D eigenvalue weighted by atomic mass is 10.3. The molecule has 0 aliphatic carbocycles. The van der Waals surface area contributed by atoms with Crippen molar-refractivity contribution >= 4 is 11.0 Å². The first-order valence-electron chi connectivity index (χ1n) is 4.18. The average Bonchev–Trinajstić information content (AvgIpc) is 2.47. The molecule has 1 atom stereocenters. The Balaban J connectivity index is 2.70. The molecule has 3 N–H and O–H groups in total. The summed E-state index contributed by atoms with van der Waals surface area (Å²) in [5.41, 5.74) is 6.01. The van der Waals surface area contributed by atoms with Gasteiger partial charge in [0.15, 0.2) is 5.82 Å². The Morgan fingerprint density at radius 3 is 2.79 bits per heavy atom. The monoisotopic (exact) mass is 197 g/mol. The van der Waals surface area contributed by atoms with Crippen molar-refractivity contribution in [1.82, 2.24) is 9.97 Å². The maximum atomic E-state index is 13.2. The number of nitrogens with two attached hydrogens (primary N) is 1. The van der Waals surface area contributed by atoms with Crippen molar-refractivity contribution in [2.45, 2.75) is 13.0 Å². The predicted molar refractivity (Wildman–Crippen MR) is 48.6 cm³/mol. The molecule has 0 bridgehead atoms.